The minimum Gasteiger partial charge on any atom is -0.493 e. The maximum Gasteiger partial charge on any atom is 0.203 e. The van der Waals surface area contributed by atoms with Crippen molar-refractivity contribution < 1.29 is 14.2 Å². The third-order valence-electron chi connectivity index (χ3n) is 2.78. The lowest BCUT2D eigenvalue weighted by Gasteiger charge is -2.14. The Kier molecular flexibility index (Phi) is 3.41. The maximum atomic E-state index is 5.32. The fourth-order valence-electron chi connectivity index (χ4n) is 1.89. The van der Waals surface area contributed by atoms with Gasteiger partial charge >= 0.3 is 0 Å². The van der Waals surface area contributed by atoms with Gasteiger partial charge in [0.05, 0.1) is 27.0 Å². The molecule has 96 valence electrons. The van der Waals surface area contributed by atoms with Crippen LogP contribution in [0.4, 0.5) is 0 Å². The molecule has 0 unspecified atom stereocenters. The lowest BCUT2D eigenvalue weighted by Crippen LogP contribution is -1.98. The van der Waals surface area contributed by atoms with Crippen molar-refractivity contribution in [3.63, 3.8) is 0 Å². The Bertz CT molecular complexity index is 524. The Labute approximate surface area is 106 Å². The van der Waals surface area contributed by atoms with E-state index < -0.39 is 0 Å². The van der Waals surface area contributed by atoms with Gasteiger partial charge in [-0.25, -0.2) is 0 Å². The predicted octanol–water partition coefficient (Wildman–Crippen LogP) is 2.11. The van der Waals surface area contributed by atoms with Crippen LogP contribution >= 0.6 is 0 Å². The van der Waals surface area contributed by atoms with Crippen LogP contribution in [0.1, 0.15) is 0 Å². The number of aryl methyl sites for hydroxylation is 1. The van der Waals surface area contributed by atoms with Crippen LogP contribution in [0.15, 0.2) is 24.4 Å². The van der Waals surface area contributed by atoms with Crippen molar-refractivity contribution in [1.82, 2.24) is 9.78 Å². The summed E-state index contributed by atoms with van der Waals surface area (Å²) in [6.07, 6.45) is 1.75. The first-order chi connectivity index (χ1) is 8.71. The molecule has 1 aromatic heterocycles. The minimum absolute atomic E-state index is 0.589. The Morgan fingerprint density at radius 1 is 1.00 bits per heavy atom. The molecule has 0 atom stereocenters. The van der Waals surface area contributed by atoms with Crippen LogP contribution in [0.2, 0.25) is 0 Å². The lowest BCUT2D eigenvalue weighted by atomic mass is 10.1. The molecule has 0 amide bonds. The molecule has 2 rings (SSSR count). The van der Waals surface area contributed by atoms with Crippen molar-refractivity contribution in [2.24, 2.45) is 7.05 Å². The standard InChI is InChI=1S/C13H16N2O3/c1-15-10(5-6-14-15)9-7-11(16-2)13(18-4)12(8-9)17-3/h5-8H,1-4H3. The number of ether oxygens (including phenoxy) is 3. The summed E-state index contributed by atoms with van der Waals surface area (Å²) >= 11 is 0. The van der Waals surface area contributed by atoms with E-state index in [4.69, 9.17) is 14.2 Å². The van der Waals surface area contributed by atoms with Crippen molar-refractivity contribution in [2.75, 3.05) is 21.3 Å². The van der Waals surface area contributed by atoms with Crippen LogP contribution in [0.25, 0.3) is 11.3 Å². The summed E-state index contributed by atoms with van der Waals surface area (Å²) in [6, 6.07) is 5.73. The Morgan fingerprint density at radius 2 is 1.61 bits per heavy atom. The Morgan fingerprint density at radius 3 is 2.00 bits per heavy atom. The van der Waals surface area contributed by atoms with Crippen molar-refractivity contribution in [1.29, 1.82) is 0 Å². The summed E-state index contributed by atoms with van der Waals surface area (Å²) in [6.45, 7) is 0. The largest absolute Gasteiger partial charge is 0.493 e. The van der Waals surface area contributed by atoms with Crippen LogP contribution in [0.5, 0.6) is 17.2 Å². The summed E-state index contributed by atoms with van der Waals surface area (Å²) in [4.78, 5) is 0. The molecule has 0 fully saturated rings. The smallest absolute Gasteiger partial charge is 0.203 e. The third-order valence-corrected chi connectivity index (χ3v) is 2.78. The van der Waals surface area contributed by atoms with Gasteiger partial charge < -0.3 is 14.2 Å². The summed E-state index contributed by atoms with van der Waals surface area (Å²) in [5, 5.41) is 4.15. The Balaban J connectivity index is 2.60. The SMILES string of the molecule is COc1cc(-c2ccnn2C)cc(OC)c1OC. The lowest BCUT2D eigenvalue weighted by molar-refractivity contribution is 0.324. The molecule has 2 aromatic rings. The third kappa shape index (κ3) is 1.99. The van der Waals surface area contributed by atoms with Gasteiger partial charge in [0.25, 0.3) is 0 Å². The molecule has 5 nitrogen and oxygen atoms in total. The number of hydrogen-bond donors (Lipinski definition) is 0. The predicted molar refractivity (Wildman–Crippen MR) is 68.3 cm³/mol. The Hall–Kier alpha value is -2.17. The van der Waals surface area contributed by atoms with Gasteiger partial charge in [0.15, 0.2) is 11.5 Å². The monoisotopic (exact) mass is 248 g/mol. The number of nitrogens with zero attached hydrogens (tertiary/aromatic N) is 2. The first-order valence-corrected chi connectivity index (χ1v) is 5.49. The fraction of sp³-hybridized carbons (Fsp3) is 0.308. The summed E-state index contributed by atoms with van der Waals surface area (Å²) in [5.41, 5.74) is 1.94. The van der Waals surface area contributed by atoms with Crippen molar-refractivity contribution >= 4 is 0 Å². The molecule has 0 radical (unpaired) electrons. The first-order valence-electron chi connectivity index (χ1n) is 5.49. The van der Waals surface area contributed by atoms with E-state index in [1.165, 1.54) is 0 Å². The van der Waals surface area contributed by atoms with Gasteiger partial charge in [0.1, 0.15) is 0 Å². The van der Waals surface area contributed by atoms with Crippen molar-refractivity contribution in [2.45, 2.75) is 0 Å². The number of aromatic nitrogens is 2. The average molecular weight is 248 g/mol. The molecular formula is C13H16N2O3. The molecule has 0 spiro atoms. The van der Waals surface area contributed by atoms with Crippen molar-refractivity contribution in [3.8, 4) is 28.5 Å². The van der Waals surface area contributed by atoms with Gasteiger partial charge in [0, 0.05) is 18.8 Å². The van der Waals surface area contributed by atoms with Crippen molar-refractivity contribution in [3.05, 3.63) is 24.4 Å². The molecule has 0 saturated heterocycles. The molecule has 5 heteroatoms. The van der Waals surface area contributed by atoms with E-state index >= 15 is 0 Å². The molecule has 0 bridgehead atoms. The highest BCUT2D eigenvalue weighted by Crippen LogP contribution is 2.40. The van der Waals surface area contributed by atoms with E-state index in [0.717, 1.165) is 11.3 Å². The number of rotatable bonds is 4. The average Bonchev–Trinajstić information content (AvgIpc) is 2.83. The van der Waals surface area contributed by atoms with Crippen LogP contribution in [-0.2, 0) is 7.05 Å². The summed E-state index contributed by atoms with van der Waals surface area (Å²) < 4.78 is 17.7. The van der Waals surface area contributed by atoms with E-state index in [0.29, 0.717) is 17.2 Å². The highest BCUT2D eigenvalue weighted by molar-refractivity contribution is 5.68. The first kappa shape index (κ1) is 12.3. The zero-order valence-electron chi connectivity index (χ0n) is 10.9. The molecule has 0 saturated carbocycles. The second-order valence-corrected chi connectivity index (χ2v) is 3.75. The van der Waals surface area contributed by atoms with E-state index in [-0.39, 0.29) is 0 Å². The number of benzene rings is 1. The zero-order valence-corrected chi connectivity index (χ0v) is 10.9. The van der Waals surface area contributed by atoms with Gasteiger partial charge in [-0.05, 0) is 18.2 Å². The van der Waals surface area contributed by atoms with Crippen LogP contribution in [0, 0.1) is 0 Å². The molecule has 1 heterocycles. The topological polar surface area (TPSA) is 45.5 Å². The van der Waals surface area contributed by atoms with Gasteiger partial charge in [0.2, 0.25) is 5.75 Å². The zero-order chi connectivity index (χ0) is 13.1. The van der Waals surface area contributed by atoms with Gasteiger partial charge in [-0.2, -0.15) is 5.10 Å². The molecule has 0 N–H and O–H groups in total. The normalized spacial score (nSPS) is 10.2. The molecule has 0 aliphatic rings. The quantitative estimate of drug-likeness (QED) is 0.831. The highest BCUT2D eigenvalue weighted by atomic mass is 16.5. The van der Waals surface area contributed by atoms with Gasteiger partial charge in [-0.1, -0.05) is 0 Å². The van der Waals surface area contributed by atoms with Crippen LogP contribution in [-0.4, -0.2) is 31.1 Å². The fourth-order valence-corrected chi connectivity index (χ4v) is 1.89. The molecule has 0 aliphatic heterocycles. The van der Waals surface area contributed by atoms with E-state index in [1.54, 1.807) is 32.2 Å². The number of hydrogen-bond acceptors (Lipinski definition) is 4. The second-order valence-electron chi connectivity index (χ2n) is 3.75. The second kappa shape index (κ2) is 5.00. The minimum atomic E-state index is 0.589. The summed E-state index contributed by atoms with van der Waals surface area (Å²) in [5.74, 6) is 1.85. The van der Waals surface area contributed by atoms with E-state index in [1.807, 2.05) is 25.2 Å². The maximum absolute atomic E-state index is 5.32. The van der Waals surface area contributed by atoms with Crippen LogP contribution < -0.4 is 14.2 Å². The van der Waals surface area contributed by atoms with Gasteiger partial charge in [-0.15, -0.1) is 0 Å². The van der Waals surface area contributed by atoms with E-state index in [9.17, 15) is 0 Å². The molecule has 0 aliphatic carbocycles. The van der Waals surface area contributed by atoms with Gasteiger partial charge in [-0.3, -0.25) is 4.68 Å². The summed E-state index contributed by atoms with van der Waals surface area (Å²) in [7, 11) is 6.68. The molecular weight excluding hydrogens is 232 g/mol. The van der Waals surface area contributed by atoms with Crippen LogP contribution in [0.3, 0.4) is 0 Å². The highest BCUT2D eigenvalue weighted by Gasteiger charge is 2.15. The number of methoxy groups -OCH3 is 3. The molecule has 1 aromatic carbocycles. The molecule has 18 heavy (non-hydrogen) atoms. The van der Waals surface area contributed by atoms with E-state index in [2.05, 4.69) is 5.10 Å².